The van der Waals surface area contributed by atoms with Crippen LogP contribution in [0.2, 0.25) is 0 Å². The Morgan fingerprint density at radius 1 is 0.714 bits per heavy atom. The minimum Gasteiger partial charge on any atom is -0.289 e. The summed E-state index contributed by atoms with van der Waals surface area (Å²) < 4.78 is 0. The van der Waals surface area contributed by atoms with E-state index >= 15 is 0 Å². The van der Waals surface area contributed by atoms with Crippen LogP contribution in [0.3, 0.4) is 0 Å². The van der Waals surface area contributed by atoms with E-state index in [1.54, 1.807) is 0 Å². The first-order valence-electron chi connectivity index (χ1n) is 10.8. The molecule has 0 amide bonds. The van der Waals surface area contributed by atoms with Gasteiger partial charge < -0.3 is 0 Å². The fourth-order valence-corrected chi connectivity index (χ4v) is 3.64. The predicted octanol–water partition coefficient (Wildman–Crippen LogP) is 8.13. The summed E-state index contributed by atoms with van der Waals surface area (Å²) in [5.41, 5.74) is 6.18. The highest BCUT2D eigenvalue weighted by atomic mass is 16.1. The van der Waals surface area contributed by atoms with Gasteiger partial charge in [-0.3, -0.25) is 4.79 Å². The van der Waals surface area contributed by atoms with Crippen molar-refractivity contribution in [3.8, 4) is 0 Å². The maximum Gasteiger partial charge on any atom is 0.185 e. The van der Waals surface area contributed by atoms with Gasteiger partial charge in [-0.15, -0.1) is 0 Å². The van der Waals surface area contributed by atoms with Gasteiger partial charge in [0.25, 0.3) is 0 Å². The van der Waals surface area contributed by atoms with Crippen molar-refractivity contribution in [2.24, 2.45) is 0 Å². The molecule has 28 heavy (non-hydrogen) atoms. The number of ketones is 1. The van der Waals surface area contributed by atoms with Gasteiger partial charge in [0.2, 0.25) is 0 Å². The average Bonchev–Trinajstić information content (AvgIpc) is 2.75. The van der Waals surface area contributed by atoms with Crippen LogP contribution in [-0.2, 0) is 0 Å². The minimum atomic E-state index is -0.0192. The number of hydrogen-bond donors (Lipinski definition) is 0. The second-order valence-corrected chi connectivity index (χ2v) is 7.38. The lowest BCUT2D eigenvalue weighted by Crippen LogP contribution is -1.97. The monoisotopic (exact) mass is 374 g/mol. The van der Waals surface area contributed by atoms with Crippen LogP contribution in [0.5, 0.6) is 0 Å². The molecule has 0 atom stereocenters. The van der Waals surface area contributed by atoms with E-state index in [0.29, 0.717) is 5.56 Å². The van der Waals surface area contributed by atoms with Gasteiger partial charge in [0, 0.05) is 5.56 Å². The molecule has 0 aliphatic carbocycles. The summed E-state index contributed by atoms with van der Waals surface area (Å²) in [5.74, 6) is -0.0192. The lowest BCUT2D eigenvalue weighted by Gasteiger charge is -2.17. The van der Waals surface area contributed by atoms with Crippen LogP contribution in [0.1, 0.15) is 86.7 Å². The molecule has 0 saturated heterocycles. The van der Waals surface area contributed by atoms with Gasteiger partial charge in [0.1, 0.15) is 0 Å². The fourth-order valence-electron chi connectivity index (χ4n) is 3.64. The van der Waals surface area contributed by atoms with E-state index < -0.39 is 0 Å². The molecular formula is C27H34O. The van der Waals surface area contributed by atoms with E-state index in [0.717, 1.165) is 12.8 Å². The molecule has 0 spiro atoms. The van der Waals surface area contributed by atoms with Crippen molar-refractivity contribution >= 4 is 16.9 Å². The maximum atomic E-state index is 11.9. The average molecular weight is 375 g/mol. The first kappa shape index (κ1) is 21.9. The lowest BCUT2D eigenvalue weighted by molar-refractivity contribution is 0.104. The number of unbranched alkanes of at least 4 members (excludes halogenated alkanes) is 4. The Hall–Kier alpha value is -2.41. The number of hydrogen-bond acceptors (Lipinski definition) is 1. The molecule has 0 unspecified atom stereocenters. The van der Waals surface area contributed by atoms with Crippen LogP contribution in [0, 0.1) is 0 Å². The zero-order chi connectivity index (χ0) is 20.2. The van der Waals surface area contributed by atoms with Gasteiger partial charge >= 0.3 is 0 Å². The van der Waals surface area contributed by atoms with Crippen LogP contribution in [0.4, 0.5) is 0 Å². The number of benzene rings is 2. The number of rotatable bonds is 12. The van der Waals surface area contributed by atoms with E-state index in [2.05, 4.69) is 62.9 Å². The first-order valence-corrected chi connectivity index (χ1v) is 10.8. The predicted molar refractivity (Wildman–Crippen MR) is 123 cm³/mol. The SMILES string of the molecule is C=CC(=O)c1ccc(C(CCCCC)=C(CCCCC)c2ccccc2)cc1. The second-order valence-electron chi connectivity index (χ2n) is 7.38. The Balaban J connectivity index is 2.47. The summed E-state index contributed by atoms with van der Waals surface area (Å²) in [6.07, 6.45) is 10.9. The summed E-state index contributed by atoms with van der Waals surface area (Å²) in [5, 5.41) is 0. The van der Waals surface area contributed by atoms with E-state index in [4.69, 9.17) is 0 Å². The van der Waals surface area contributed by atoms with Crippen molar-refractivity contribution in [2.45, 2.75) is 65.2 Å². The van der Waals surface area contributed by atoms with Crippen LogP contribution in [-0.4, -0.2) is 5.78 Å². The molecule has 2 aromatic carbocycles. The van der Waals surface area contributed by atoms with E-state index in [-0.39, 0.29) is 5.78 Å². The van der Waals surface area contributed by atoms with E-state index in [9.17, 15) is 4.79 Å². The highest BCUT2D eigenvalue weighted by Gasteiger charge is 2.12. The molecule has 0 bridgehead atoms. The number of allylic oxidation sites excluding steroid dienone is 3. The summed E-state index contributed by atoms with van der Waals surface area (Å²) in [4.78, 5) is 11.9. The van der Waals surface area contributed by atoms with Gasteiger partial charge in [0.15, 0.2) is 5.78 Å². The third-order valence-electron chi connectivity index (χ3n) is 5.25. The molecule has 0 radical (unpaired) electrons. The highest BCUT2D eigenvalue weighted by molar-refractivity contribution is 6.04. The summed E-state index contributed by atoms with van der Waals surface area (Å²) >= 11 is 0. The number of carbonyl (C=O) groups is 1. The maximum absolute atomic E-state index is 11.9. The molecule has 0 heterocycles. The van der Waals surface area contributed by atoms with Gasteiger partial charge in [-0.1, -0.05) is 101 Å². The number of carbonyl (C=O) groups excluding carboxylic acids is 1. The van der Waals surface area contributed by atoms with Gasteiger partial charge in [0.05, 0.1) is 0 Å². The Kier molecular flexibility index (Phi) is 9.48. The molecule has 0 saturated carbocycles. The smallest absolute Gasteiger partial charge is 0.185 e. The Morgan fingerprint density at radius 2 is 1.18 bits per heavy atom. The summed E-state index contributed by atoms with van der Waals surface area (Å²) in [6, 6.07) is 18.9. The molecule has 2 rings (SSSR count). The molecule has 0 aliphatic rings. The van der Waals surface area contributed by atoms with E-state index in [1.807, 2.05) is 12.1 Å². The first-order chi connectivity index (χ1) is 13.7. The van der Waals surface area contributed by atoms with Crippen molar-refractivity contribution in [3.05, 3.63) is 83.9 Å². The second kappa shape index (κ2) is 12.1. The van der Waals surface area contributed by atoms with Gasteiger partial charge in [-0.25, -0.2) is 0 Å². The molecule has 1 heteroatoms. The van der Waals surface area contributed by atoms with Crippen molar-refractivity contribution < 1.29 is 4.79 Å². The van der Waals surface area contributed by atoms with Crippen molar-refractivity contribution in [1.82, 2.24) is 0 Å². The lowest BCUT2D eigenvalue weighted by atomic mass is 9.87. The Labute approximate surface area is 171 Å². The highest BCUT2D eigenvalue weighted by Crippen LogP contribution is 2.34. The van der Waals surface area contributed by atoms with Crippen LogP contribution < -0.4 is 0 Å². The van der Waals surface area contributed by atoms with Gasteiger partial charge in [-0.05, 0) is 54.0 Å². The van der Waals surface area contributed by atoms with Crippen molar-refractivity contribution in [2.75, 3.05) is 0 Å². The van der Waals surface area contributed by atoms with Crippen molar-refractivity contribution in [3.63, 3.8) is 0 Å². The third-order valence-corrected chi connectivity index (χ3v) is 5.25. The topological polar surface area (TPSA) is 17.1 Å². The van der Waals surface area contributed by atoms with Gasteiger partial charge in [-0.2, -0.15) is 0 Å². The molecule has 2 aromatic rings. The molecular weight excluding hydrogens is 340 g/mol. The minimum absolute atomic E-state index is 0.0192. The fraction of sp³-hybridized carbons (Fsp3) is 0.370. The third kappa shape index (κ3) is 6.34. The largest absolute Gasteiger partial charge is 0.289 e. The van der Waals surface area contributed by atoms with Crippen molar-refractivity contribution in [1.29, 1.82) is 0 Å². The molecule has 0 aromatic heterocycles. The zero-order valence-electron chi connectivity index (χ0n) is 17.5. The normalized spacial score (nSPS) is 11.8. The molecule has 0 fully saturated rings. The van der Waals surface area contributed by atoms with Crippen LogP contribution in [0.25, 0.3) is 11.1 Å². The molecule has 1 nitrogen and oxygen atoms in total. The van der Waals surface area contributed by atoms with Crippen LogP contribution in [0.15, 0.2) is 67.3 Å². The Morgan fingerprint density at radius 3 is 1.64 bits per heavy atom. The van der Waals surface area contributed by atoms with Crippen LogP contribution >= 0.6 is 0 Å². The standard InChI is InChI=1S/C27H34O/c1-4-7-10-16-25(22-14-12-9-13-15-22)26(17-11-8-5-2)23-18-20-24(21-19-23)27(28)6-3/h6,9,12-15,18-21H,3-5,7-8,10-11,16-17H2,1-2H3. The molecule has 148 valence electrons. The molecule has 0 N–H and O–H groups in total. The zero-order valence-corrected chi connectivity index (χ0v) is 17.5. The Bertz CT molecular complexity index is 766. The van der Waals surface area contributed by atoms with E-state index in [1.165, 1.54) is 66.9 Å². The summed E-state index contributed by atoms with van der Waals surface area (Å²) in [7, 11) is 0. The summed E-state index contributed by atoms with van der Waals surface area (Å²) in [6.45, 7) is 8.10. The quantitative estimate of drug-likeness (QED) is 0.159. The molecule has 0 aliphatic heterocycles.